The summed E-state index contributed by atoms with van der Waals surface area (Å²) in [5.41, 5.74) is 0.565. The summed E-state index contributed by atoms with van der Waals surface area (Å²) in [5, 5.41) is 22.3. The van der Waals surface area contributed by atoms with E-state index in [0.717, 1.165) is 29.5 Å². The highest BCUT2D eigenvalue weighted by molar-refractivity contribution is 8.00. The molecule has 0 aromatic heterocycles. The molecule has 0 radical (unpaired) electrons. The molecule has 2 amide bonds. The Kier molecular flexibility index (Phi) is 6.07. The fourth-order valence-corrected chi connectivity index (χ4v) is 5.87. The lowest BCUT2D eigenvalue weighted by atomic mass is 9.99. The third kappa shape index (κ3) is 4.40. The van der Waals surface area contributed by atoms with Crippen molar-refractivity contribution in [2.75, 3.05) is 25.4 Å². The Morgan fingerprint density at radius 2 is 1.55 bits per heavy atom. The number of rotatable bonds is 4. The van der Waals surface area contributed by atoms with E-state index in [2.05, 4.69) is 0 Å². The van der Waals surface area contributed by atoms with E-state index in [-0.39, 0.29) is 11.5 Å². The fraction of sp³-hybridized carbons (Fsp3) is 0.364. The zero-order valence-corrected chi connectivity index (χ0v) is 18.7. The second kappa shape index (κ2) is 8.81. The van der Waals surface area contributed by atoms with E-state index < -0.39 is 32.0 Å². The minimum atomic E-state index is -0.751. The van der Waals surface area contributed by atoms with Gasteiger partial charge in [-0.15, -0.1) is 11.8 Å². The molecule has 2 saturated heterocycles. The highest BCUT2D eigenvalue weighted by Crippen LogP contribution is 2.44. The number of hydrogen-bond donors (Lipinski definition) is 0. The Balaban J connectivity index is 1.51. The van der Waals surface area contributed by atoms with Crippen LogP contribution in [0.1, 0.15) is 39.1 Å². The van der Waals surface area contributed by atoms with Gasteiger partial charge in [0, 0.05) is 43.1 Å². The molecule has 10 nitrogen and oxygen atoms in total. The van der Waals surface area contributed by atoms with Crippen LogP contribution in [0.2, 0.25) is 0 Å². The molecule has 2 aliphatic heterocycles. The molecule has 2 heterocycles. The number of aryl methyl sites for hydroxylation is 1. The molecule has 33 heavy (non-hydrogen) atoms. The van der Waals surface area contributed by atoms with Crippen molar-refractivity contribution >= 4 is 35.0 Å². The van der Waals surface area contributed by atoms with Crippen molar-refractivity contribution in [3.8, 4) is 0 Å². The Bertz CT molecular complexity index is 1110. The molecule has 2 aromatic rings. The van der Waals surface area contributed by atoms with Crippen LogP contribution in [-0.2, 0) is 0 Å². The van der Waals surface area contributed by atoms with Crippen LogP contribution in [0.25, 0.3) is 0 Å². The first-order valence-electron chi connectivity index (χ1n) is 10.5. The molecule has 0 aliphatic carbocycles. The van der Waals surface area contributed by atoms with Crippen molar-refractivity contribution in [3.63, 3.8) is 0 Å². The third-order valence-corrected chi connectivity index (χ3v) is 7.64. The van der Waals surface area contributed by atoms with E-state index in [1.54, 1.807) is 22.7 Å². The number of nitro groups is 2. The van der Waals surface area contributed by atoms with E-state index in [1.807, 2.05) is 30.0 Å². The molecule has 2 aromatic carbocycles. The maximum Gasteiger partial charge on any atom is 0.277 e. The summed E-state index contributed by atoms with van der Waals surface area (Å²) in [6.45, 7) is 3.26. The zero-order chi connectivity index (χ0) is 23.8. The van der Waals surface area contributed by atoms with Crippen molar-refractivity contribution in [1.82, 2.24) is 9.80 Å². The monoisotopic (exact) mass is 470 g/mol. The number of benzene rings is 2. The standard InChI is InChI=1S/C22H22N4O6S/c1-15-3-2-4-16(11-15)21(28)24-9-10-33-22(24)5-7-23(8-6-22)20(27)17-12-18(25(29)30)14-19(13-17)26(31)32/h2-4,11-14H,5-10H2,1H3. The summed E-state index contributed by atoms with van der Waals surface area (Å²) in [6.07, 6.45) is 1.11. The molecule has 1 spiro atoms. The van der Waals surface area contributed by atoms with Gasteiger partial charge in [0.25, 0.3) is 23.2 Å². The number of amides is 2. The zero-order valence-electron chi connectivity index (χ0n) is 17.9. The summed E-state index contributed by atoms with van der Waals surface area (Å²) >= 11 is 1.71. The van der Waals surface area contributed by atoms with Crippen LogP contribution in [0.4, 0.5) is 11.4 Å². The van der Waals surface area contributed by atoms with E-state index in [0.29, 0.717) is 38.0 Å². The molecular weight excluding hydrogens is 448 g/mol. The van der Waals surface area contributed by atoms with E-state index in [1.165, 1.54) is 0 Å². The lowest BCUT2D eigenvalue weighted by molar-refractivity contribution is -0.394. The van der Waals surface area contributed by atoms with Gasteiger partial charge in [0.2, 0.25) is 0 Å². The Hall–Kier alpha value is -3.47. The molecule has 0 unspecified atom stereocenters. The van der Waals surface area contributed by atoms with Crippen LogP contribution in [0.5, 0.6) is 0 Å². The second-order valence-corrected chi connectivity index (χ2v) is 9.62. The number of hydrogen-bond acceptors (Lipinski definition) is 7. The molecule has 2 aliphatic rings. The van der Waals surface area contributed by atoms with Gasteiger partial charge < -0.3 is 9.80 Å². The predicted octanol–water partition coefficient (Wildman–Crippen LogP) is 3.63. The summed E-state index contributed by atoms with van der Waals surface area (Å²) < 4.78 is 0. The fourth-order valence-electron chi connectivity index (χ4n) is 4.41. The van der Waals surface area contributed by atoms with Gasteiger partial charge in [0.1, 0.15) is 0 Å². The van der Waals surface area contributed by atoms with E-state index >= 15 is 0 Å². The lowest BCUT2D eigenvalue weighted by Gasteiger charge is -2.44. The number of nitro benzene ring substituents is 2. The molecule has 0 saturated carbocycles. The van der Waals surface area contributed by atoms with Crippen LogP contribution < -0.4 is 0 Å². The largest absolute Gasteiger partial charge is 0.338 e. The van der Waals surface area contributed by atoms with Gasteiger partial charge in [-0.3, -0.25) is 29.8 Å². The molecular formula is C22H22N4O6S. The molecule has 11 heteroatoms. The van der Waals surface area contributed by atoms with E-state index in [4.69, 9.17) is 0 Å². The van der Waals surface area contributed by atoms with E-state index in [9.17, 15) is 29.8 Å². The highest BCUT2D eigenvalue weighted by Gasteiger charge is 2.47. The summed E-state index contributed by atoms with van der Waals surface area (Å²) in [6, 6.07) is 10.4. The summed E-state index contributed by atoms with van der Waals surface area (Å²) in [4.78, 5) is 50.1. The van der Waals surface area contributed by atoms with Crippen LogP contribution in [0.15, 0.2) is 42.5 Å². The number of piperidine rings is 1. The van der Waals surface area contributed by atoms with Crippen LogP contribution in [0, 0.1) is 27.2 Å². The molecule has 0 atom stereocenters. The van der Waals surface area contributed by atoms with Gasteiger partial charge in [-0.1, -0.05) is 17.7 Å². The average molecular weight is 471 g/mol. The SMILES string of the molecule is Cc1cccc(C(=O)N2CCSC23CCN(C(=O)c2cc([N+](=O)[O-])cc([N+](=O)[O-])c2)CC3)c1. The van der Waals surface area contributed by atoms with Crippen molar-refractivity contribution in [3.05, 3.63) is 79.4 Å². The molecule has 0 bridgehead atoms. The van der Waals surface area contributed by atoms with Crippen LogP contribution in [-0.4, -0.2) is 61.7 Å². The minimum absolute atomic E-state index is 0.0298. The summed E-state index contributed by atoms with van der Waals surface area (Å²) in [7, 11) is 0. The minimum Gasteiger partial charge on any atom is -0.338 e. The number of likely N-dealkylation sites (tertiary alicyclic amines) is 1. The molecule has 0 N–H and O–H groups in total. The number of non-ortho nitro benzene ring substituents is 2. The first-order chi connectivity index (χ1) is 15.7. The van der Waals surface area contributed by atoms with Crippen molar-refractivity contribution in [1.29, 1.82) is 0 Å². The third-order valence-electron chi connectivity index (χ3n) is 6.09. The Morgan fingerprint density at radius 1 is 0.909 bits per heavy atom. The number of carbonyl (C=O) groups excluding carboxylic acids is 2. The van der Waals surface area contributed by atoms with Crippen molar-refractivity contribution < 1.29 is 19.4 Å². The highest BCUT2D eigenvalue weighted by atomic mass is 32.2. The van der Waals surface area contributed by atoms with Crippen LogP contribution >= 0.6 is 11.8 Å². The van der Waals surface area contributed by atoms with Gasteiger partial charge in [0.15, 0.2) is 0 Å². The molecule has 2 fully saturated rings. The van der Waals surface area contributed by atoms with Crippen LogP contribution in [0.3, 0.4) is 0 Å². The first kappa shape index (κ1) is 22.7. The maximum atomic E-state index is 13.2. The van der Waals surface area contributed by atoms with Gasteiger partial charge in [0.05, 0.1) is 26.3 Å². The predicted molar refractivity (Wildman–Crippen MR) is 122 cm³/mol. The summed E-state index contributed by atoms with van der Waals surface area (Å²) in [5.74, 6) is 0.289. The number of nitrogens with zero attached hydrogens (tertiary/aromatic N) is 4. The number of thioether (sulfide) groups is 1. The first-order valence-corrected chi connectivity index (χ1v) is 11.4. The molecule has 172 valence electrons. The van der Waals surface area contributed by atoms with Gasteiger partial charge in [-0.05, 0) is 31.9 Å². The normalized spacial score (nSPS) is 17.2. The van der Waals surface area contributed by atoms with Crippen molar-refractivity contribution in [2.45, 2.75) is 24.6 Å². The average Bonchev–Trinajstić information content (AvgIpc) is 3.21. The smallest absolute Gasteiger partial charge is 0.277 e. The maximum absolute atomic E-state index is 13.2. The number of carbonyl (C=O) groups is 2. The Morgan fingerprint density at radius 3 is 2.12 bits per heavy atom. The molecule has 4 rings (SSSR count). The Labute approximate surface area is 193 Å². The topological polar surface area (TPSA) is 127 Å². The quantitative estimate of drug-likeness (QED) is 0.493. The van der Waals surface area contributed by atoms with Gasteiger partial charge >= 0.3 is 0 Å². The van der Waals surface area contributed by atoms with Crippen molar-refractivity contribution in [2.24, 2.45) is 0 Å². The second-order valence-electron chi connectivity index (χ2n) is 8.17. The van der Waals surface area contributed by atoms with Gasteiger partial charge in [-0.2, -0.15) is 0 Å². The lowest BCUT2D eigenvalue weighted by Crippen LogP contribution is -2.53. The van der Waals surface area contributed by atoms with Gasteiger partial charge in [-0.25, -0.2) is 0 Å².